The van der Waals surface area contributed by atoms with Crippen LogP contribution in [0.5, 0.6) is 0 Å². The predicted octanol–water partition coefficient (Wildman–Crippen LogP) is 4.41. The number of aromatic amines is 1. The largest absolute Gasteiger partial charge is 0.305 e. The summed E-state index contributed by atoms with van der Waals surface area (Å²) in [4.78, 5) is 12.2. The Kier molecular flexibility index (Phi) is 4.56. The van der Waals surface area contributed by atoms with Gasteiger partial charge in [-0.2, -0.15) is 5.10 Å². The number of hydrogen-bond donors (Lipinski definition) is 2. The van der Waals surface area contributed by atoms with Gasteiger partial charge in [0.1, 0.15) is 0 Å². The summed E-state index contributed by atoms with van der Waals surface area (Å²) in [7, 11) is 0. The number of H-pyrrole nitrogens is 1. The van der Waals surface area contributed by atoms with Gasteiger partial charge < -0.3 is 5.32 Å². The third-order valence-corrected chi connectivity index (χ3v) is 4.45. The molecule has 1 aromatic carbocycles. The summed E-state index contributed by atoms with van der Waals surface area (Å²) in [6.07, 6.45) is 7.67. The minimum atomic E-state index is -0.112. The van der Waals surface area contributed by atoms with E-state index in [4.69, 9.17) is 0 Å². The highest BCUT2D eigenvalue weighted by atomic mass is 16.1. The van der Waals surface area contributed by atoms with E-state index < -0.39 is 0 Å². The number of carbonyl (C=O) groups is 1. The van der Waals surface area contributed by atoms with Gasteiger partial charge in [-0.25, -0.2) is 0 Å². The molecule has 0 spiro atoms. The van der Waals surface area contributed by atoms with E-state index in [1.165, 1.54) is 38.5 Å². The second-order valence-corrected chi connectivity index (χ2v) is 6.22. The van der Waals surface area contributed by atoms with Crippen molar-refractivity contribution in [3.05, 3.63) is 47.2 Å². The maximum absolute atomic E-state index is 12.2. The summed E-state index contributed by atoms with van der Waals surface area (Å²) in [5.41, 5.74) is 2.96. The van der Waals surface area contributed by atoms with Crippen LogP contribution in [0.1, 0.15) is 66.1 Å². The van der Waals surface area contributed by atoms with Gasteiger partial charge in [0.15, 0.2) is 5.82 Å². The van der Waals surface area contributed by atoms with Gasteiger partial charge in [-0.15, -0.1) is 0 Å². The first kappa shape index (κ1) is 14.8. The third-order valence-electron chi connectivity index (χ3n) is 4.45. The molecule has 1 fully saturated rings. The van der Waals surface area contributed by atoms with Gasteiger partial charge in [0.2, 0.25) is 0 Å². The molecule has 4 nitrogen and oxygen atoms in total. The fourth-order valence-corrected chi connectivity index (χ4v) is 3.09. The van der Waals surface area contributed by atoms with Crippen molar-refractivity contribution in [3.8, 4) is 0 Å². The summed E-state index contributed by atoms with van der Waals surface area (Å²) >= 11 is 0. The first-order chi connectivity index (χ1) is 10.7. The number of aromatic nitrogens is 2. The normalized spacial score (nSPS) is 16.2. The van der Waals surface area contributed by atoms with E-state index >= 15 is 0 Å². The van der Waals surface area contributed by atoms with Crippen molar-refractivity contribution in [1.82, 2.24) is 10.2 Å². The highest BCUT2D eigenvalue weighted by Gasteiger charge is 2.17. The zero-order valence-electron chi connectivity index (χ0n) is 13.1. The molecule has 1 saturated carbocycles. The van der Waals surface area contributed by atoms with Crippen LogP contribution in [-0.2, 0) is 0 Å². The van der Waals surface area contributed by atoms with E-state index in [2.05, 4.69) is 15.5 Å². The van der Waals surface area contributed by atoms with Crippen LogP contribution in [0.2, 0.25) is 0 Å². The van der Waals surface area contributed by atoms with Crippen LogP contribution < -0.4 is 5.32 Å². The Morgan fingerprint density at radius 3 is 2.50 bits per heavy atom. The van der Waals surface area contributed by atoms with E-state index in [1.54, 1.807) is 0 Å². The second kappa shape index (κ2) is 6.77. The van der Waals surface area contributed by atoms with Crippen LogP contribution in [0.25, 0.3) is 0 Å². The van der Waals surface area contributed by atoms with Crippen LogP contribution in [0.15, 0.2) is 30.3 Å². The molecule has 2 N–H and O–H groups in total. The van der Waals surface area contributed by atoms with Gasteiger partial charge in [-0.3, -0.25) is 9.89 Å². The molecule has 116 valence electrons. The minimum Gasteiger partial charge on any atom is -0.305 e. The van der Waals surface area contributed by atoms with Gasteiger partial charge >= 0.3 is 0 Å². The molecule has 0 atom stereocenters. The number of aryl methyl sites for hydroxylation is 1. The number of rotatable bonds is 3. The molecule has 22 heavy (non-hydrogen) atoms. The number of benzene rings is 1. The van der Waals surface area contributed by atoms with E-state index in [-0.39, 0.29) is 5.91 Å². The van der Waals surface area contributed by atoms with Crippen molar-refractivity contribution >= 4 is 11.7 Å². The first-order valence-corrected chi connectivity index (χ1v) is 8.16. The molecule has 1 heterocycles. The Balaban J connectivity index is 1.65. The summed E-state index contributed by atoms with van der Waals surface area (Å²) < 4.78 is 0. The molecule has 1 aliphatic rings. The lowest BCUT2D eigenvalue weighted by molar-refractivity contribution is 0.102. The molecular weight excluding hydrogens is 274 g/mol. The first-order valence-electron chi connectivity index (χ1n) is 8.16. The molecule has 0 unspecified atom stereocenters. The number of amides is 1. The number of nitrogens with zero attached hydrogens (tertiary/aromatic N) is 1. The van der Waals surface area contributed by atoms with Gasteiger partial charge in [-0.05, 0) is 31.9 Å². The zero-order chi connectivity index (χ0) is 15.4. The van der Waals surface area contributed by atoms with Crippen molar-refractivity contribution in [3.63, 3.8) is 0 Å². The Hall–Kier alpha value is -2.10. The summed E-state index contributed by atoms with van der Waals surface area (Å²) in [5, 5.41) is 10.2. The predicted molar refractivity (Wildman–Crippen MR) is 88.2 cm³/mol. The van der Waals surface area contributed by atoms with Gasteiger partial charge in [-0.1, -0.05) is 43.4 Å². The fourth-order valence-electron chi connectivity index (χ4n) is 3.09. The summed E-state index contributed by atoms with van der Waals surface area (Å²) in [6.45, 7) is 2.01. The molecule has 1 aliphatic carbocycles. The maximum atomic E-state index is 12.2. The van der Waals surface area contributed by atoms with Crippen molar-refractivity contribution in [2.45, 2.75) is 51.4 Å². The molecule has 4 heteroatoms. The highest BCUT2D eigenvalue weighted by Crippen LogP contribution is 2.31. The Bertz CT molecular complexity index is 622. The lowest BCUT2D eigenvalue weighted by Gasteiger charge is -2.10. The lowest BCUT2D eigenvalue weighted by Crippen LogP contribution is -2.11. The Morgan fingerprint density at radius 1 is 1.14 bits per heavy atom. The van der Waals surface area contributed by atoms with Crippen molar-refractivity contribution in [1.29, 1.82) is 0 Å². The molecule has 0 saturated heterocycles. The van der Waals surface area contributed by atoms with Crippen LogP contribution in [0.3, 0.4) is 0 Å². The zero-order valence-corrected chi connectivity index (χ0v) is 13.1. The van der Waals surface area contributed by atoms with Crippen LogP contribution in [0.4, 0.5) is 5.82 Å². The molecule has 0 bridgehead atoms. The van der Waals surface area contributed by atoms with E-state index in [0.717, 1.165) is 11.3 Å². The smallest absolute Gasteiger partial charge is 0.256 e. The Morgan fingerprint density at radius 2 is 1.82 bits per heavy atom. The van der Waals surface area contributed by atoms with Gasteiger partial charge in [0, 0.05) is 23.2 Å². The quantitative estimate of drug-likeness (QED) is 0.824. The molecule has 0 radical (unpaired) electrons. The highest BCUT2D eigenvalue weighted by molar-refractivity contribution is 6.03. The van der Waals surface area contributed by atoms with Crippen molar-refractivity contribution < 1.29 is 4.79 Å². The number of nitrogens with one attached hydrogen (secondary N) is 2. The third kappa shape index (κ3) is 3.56. The van der Waals surface area contributed by atoms with E-state index in [9.17, 15) is 4.79 Å². The second-order valence-electron chi connectivity index (χ2n) is 6.22. The summed E-state index contributed by atoms with van der Waals surface area (Å²) in [6, 6.07) is 9.54. The number of hydrogen-bond acceptors (Lipinski definition) is 2. The minimum absolute atomic E-state index is 0.112. The molecular formula is C18H23N3O. The number of anilines is 1. The van der Waals surface area contributed by atoms with Crippen molar-refractivity contribution in [2.24, 2.45) is 0 Å². The Labute approximate surface area is 131 Å². The van der Waals surface area contributed by atoms with Gasteiger partial charge in [0.05, 0.1) is 0 Å². The van der Waals surface area contributed by atoms with Crippen LogP contribution >= 0.6 is 0 Å². The SMILES string of the molecule is Cc1ccc(C(=O)Nc2cc(C3CCCCCC3)[nH]n2)cc1. The lowest BCUT2D eigenvalue weighted by atomic mass is 9.97. The molecule has 0 aliphatic heterocycles. The monoisotopic (exact) mass is 297 g/mol. The maximum Gasteiger partial charge on any atom is 0.256 e. The fraction of sp³-hybridized carbons (Fsp3) is 0.444. The summed E-state index contributed by atoms with van der Waals surface area (Å²) in [5.74, 6) is 1.06. The van der Waals surface area contributed by atoms with Gasteiger partial charge in [0.25, 0.3) is 5.91 Å². The topological polar surface area (TPSA) is 57.8 Å². The van der Waals surface area contributed by atoms with E-state index in [1.807, 2.05) is 37.3 Å². The van der Waals surface area contributed by atoms with Crippen LogP contribution in [-0.4, -0.2) is 16.1 Å². The average Bonchev–Trinajstić information content (AvgIpc) is 2.81. The van der Waals surface area contributed by atoms with E-state index in [0.29, 0.717) is 17.3 Å². The molecule has 3 rings (SSSR count). The molecule has 2 aromatic rings. The molecule has 1 amide bonds. The number of carbonyl (C=O) groups excluding carboxylic acids is 1. The van der Waals surface area contributed by atoms with Crippen LogP contribution in [0, 0.1) is 6.92 Å². The average molecular weight is 297 g/mol. The van der Waals surface area contributed by atoms with Crippen molar-refractivity contribution in [2.75, 3.05) is 5.32 Å². The molecule has 1 aromatic heterocycles. The standard InChI is InChI=1S/C18H23N3O/c1-13-8-10-15(11-9-13)18(22)19-17-12-16(20-21-17)14-6-4-2-3-5-7-14/h8-12,14H,2-7H2,1H3,(H2,19,20,21,22).